The summed E-state index contributed by atoms with van der Waals surface area (Å²) in [5.41, 5.74) is 0.469. The molecule has 0 bridgehead atoms. The number of methoxy groups -OCH3 is 1. The van der Waals surface area contributed by atoms with Crippen LogP contribution >= 0.6 is 0 Å². The lowest BCUT2D eigenvalue weighted by molar-refractivity contribution is -0.130. The third-order valence-electron chi connectivity index (χ3n) is 3.34. The summed E-state index contributed by atoms with van der Waals surface area (Å²) in [4.78, 5) is 26.7. The molecule has 19 heavy (non-hydrogen) atoms. The Labute approximate surface area is 111 Å². The molecule has 1 fully saturated rings. The van der Waals surface area contributed by atoms with E-state index in [1.807, 2.05) is 4.90 Å². The van der Waals surface area contributed by atoms with E-state index in [0.29, 0.717) is 31.0 Å². The van der Waals surface area contributed by atoms with Gasteiger partial charge < -0.3 is 14.1 Å². The van der Waals surface area contributed by atoms with Gasteiger partial charge in [0.15, 0.2) is 0 Å². The van der Waals surface area contributed by atoms with Gasteiger partial charge in [-0.2, -0.15) is 0 Å². The minimum Gasteiger partial charge on any atom is -0.467 e. The molecule has 6 heteroatoms. The average Bonchev–Trinajstić information content (AvgIpc) is 2.86. The monoisotopic (exact) mass is 266 g/mol. The summed E-state index contributed by atoms with van der Waals surface area (Å²) in [7, 11) is 1.35. The van der Waals surface area contributed by atoms with Crippen LogP contribution in [0, 0.1) is 0 Å². The third kappa shape index (κ3) is 3.14. The van der Waals surface area contributed by atoms with Crippen LogP contribution in [-0.4, -0.2) is 55.0 Å². The number of carbonyl (C=O) groups excluding carboxylic acids is 2. The molecule has 0 saturated carbocycles. The number of rotatable bonds is 3. The summed E-state index contributed by atoms with van der Waals surface area (Å²) < 4.78 is 10.0. The van der Waals surface area contributed by atoms with Crippen LogP contribution in [0.25, 0.3) is 0 Å². The van der Waals surface area contributed by atoms with Crippen molar-refractivity contribution in [2.45, 2.75) is 13.5 Å². The lowest BCUT2D eigenvalue weighted by Crippen LogP contribution is -2.47. The largest absolute Gasteiger partial charge is 0.467 e. The second-order valence-electron chi connectivity index (χ2n) is 4.53. The van der Waals surface area contributed by atoms with Crippen molar-refractivity contribution in [1.29, 1.82) is 0 Å². The summed E-state index contributed by atoms with van der Waals surface area (Å²) in [6, 6.07) is 1.62. The molecule has 104 valence electrons. The van der Waals surface area contributed by atoms with Gasteiger partial charge in [0.1, 0.15) is 11.3 Å². The molecule has 1 aliphatic heterocycles. The van der Waals surface area contributed by atoms with Crippen LogP contribution in [0.5, 0.6) is 0 Å². The molecule has 1 aromatic rings. The van der Waals surface area contributed by atoms with E-state index in [4.69, 9.17) is 9.15 Å². The van der Waals surface area contributed by atoms with Crippen molar-refractivity contribution in [2.75, 3.05) is 33.3 Å². The highest BCUT2D eigenvalue weighted by Gasteiger charge is 2.22. The molecule has 0 atom stereocenters. The predicted molar refractivity (Wildman–Crippen MR) is 67.6 cm³/mol. The van der Waals surface area contributed by atoms with Gasteiger partial charge in [-0.05, 0) is 6.07 Å². The molecule has 0 unspecified atom stereocenters. The summed E-state index contributed by atoms with van der Waals surface area (Å²) in [6.07, 6.45) is 1.49. The van der Waals surface area contributed by atoms with E-state index in [1.165, 1.54) is 13.4 Å². The number of furan rings is 1. The van der Waals surface area contributed by atoms with Gasteiger partial charge in [0.05, 0.1) is 19.9 Å². The molecule has 6 nitrogen and oxygen atoms in total. The van der Waals surface area contributed by atoms with Gasteiger partial charge in [-0.3, -0.25) is 9.69 Å². The molecule has 2 heterocycles. The van der Waals surface area contributed by atoms with Gasteiger partial charge in [0.2, 0.25) is 5.91 Å². The number of hydrogen-bond donors (Lipinski definition) is 0. The van der Waals surface area contributed by atoms with Crippen molar-refractivity contribution >= 4 is 11.9 Å². The van der Waals surface area contributed by atoms with Gasteiger partial charge in [-0.15, -0.1) is 0 Å². The number of nitrogens with zero attached hydrogens (tertiary/aromatic N) is 2. The van der Waals surface area contributed by atoms with Crippen LogP contribution in [0.4, 0.5) is 0 Å². The molecule has 0 N–H and O–H groups in total. The Morgan fingerprint density at radius 2 is 2.00 bits per heavy atom. The highest BCUT2D eigenvalue weighted by molar-refractivity contribution is 5.90. The lowest BCUT2D eigenvalue weighted by Gasteiger charge is -2.33. The highest BCUT2D eigenvalue weighted by Crippen LogP contribution is 2.15. The summed E-state index contributed by atoms with van der Waals surface area (Å²) in [6.45, 7) is 5.12. The molecular weight excluding hydrogens is 248 g/mol. The van der Waals surface area contributed by atoms with Gasteiger partial charge in [0, 0.05) is 33.1 Å². The minimum absolute atomic E-state index is 0.105. The zero-order chi connectivity index (χ0) is 13.8. The number of carbonyl (C=O) groups is 2. The van der Waals surface area contributed by atoms with Crippen LogP contribution in [-0.2, 0) is 16.1 Å². The van der Waals surface area contributed by atoms with Crippen LogP contribution in [0.3, 0.4) is 0 Å². The van der Waals surface area contributed by atoms with Crippen LogP contribution in [0.2, 0.25) is 0 Å². The maximum absolute atomic E-state index is 11.5. The second-order valence-corrected chi connectivity index (χ2v) is 4.53. The Bertz CT molecular complexity index is 461. The minimum atomic E-state index is -0.383. The average molecular weight is 266 g/mol. The number of piperazine rings is 1. The Morgan fingerprint density at radius 1 is 1.32 bits per heavy atom. The number of ether oxygens (including phenoxy) is 1. The van der Waals surface area contributed by atoms with E-state index in [1.54, 1.807) is 13.0 Å². The maximum Gasteiger partial charge on any atom is 0.341 e. The molecule has 0 aliphatic carbocycles. The predicted octanol–water partition coefficient (Wildman–Crippen LogP) is 0.730. The van der Waals surface area contributed by atoms with Crippen LogP contribution < -0.4 is 0 Å². The van der Waals surface area contributed by atoms with Gasteiger partial charge in [0.25, 0.3) is 0 Å². The SMILES string of the molecule is COC(=O)c1ccoc1CN1CCN(C(C)=O)CC1. The fourth-order valence-corrected chi connectivity index (χ4v) is 2.18. The fourth-order valence-electron chi connectivity index (χ4n) is 2.18. The topological polar surface area (TPSA) is 63.0 Å². The zero-order valence-corrected chi connectivity index (χ0v) is 11.2. The molecule has 1 aromatic heterocycles. The standard InChI is InChI=1S/C13H18N2O4/c1-10(16)15-6-4-14(5-7-15)9-12-11(3-8-19-12)13(17)18-2/h3,8H,4-7,9H2,1-2H3. The van der Waals surface area contributed by atoms with Crippen molar-refractivity contribution in [3.63, 3.8) is 0 Å². The Morgan fingerprint density at radius 3 is 2.58 bits per heavy atom. The number of esters is 1. The van der Waals surface area contributed by atoms with E-state index in [2.05, 4.69) is 4.90 Å². The van der Waals surface area contributed by atoms with Gasteiger partial charge >= 0.3 is 5.97 Å². The third-order valence-corrected chi connectivity index (χ3v) is 3.34. The number of amides is 1. The van der Waals surface area contributed by atoms with Crippen molar-refractivity contribution in [3.8, 4) is 0 Å². The fraction of sp³-hybridized carbons (Fsp3) is 0.538. The summed E-state index contributed by atoms with van der Waals surface area (Å²) in [5, 5.41) is 0. The van der Waals surface area contributed by atoms with E-state index in [0.717, 1.165) is 13.1 Å². The van der Waals surface area contributed by atoms with E-state index in [9.17, 15) is 9.59 Å². The van der Waals surface area contributed by atoms with Gasteiger partial charge in [-0.25, -0.2) is 4.79 Å². The summed E-state index contributed by atoms with van der Waals surface area (Å²) >= 11 is 0. The Hall–Kier alpha value is -1.82. The Kier molecular flexibility index (Phi) is 4.21. The first-order valence-corrected chi connectivity index (χ1v) is 6.24. The quantitative estimate of drug-likeness (QED) is 0.755. The molecule has 0 radical (unpaired) electrons. The highest BCUT2D eigenvalue weighted by atomic mass is 16.5. The van der Waals surface area contributed by atoms with Crippen LogP contribution in [0.1, 0.15) is 23.0 Å². The van der Waals surface area contributed by atoms with E-state index >= 15 is 0 Å². The second kappa shape index (κ2) is 5.88. The Balaban J connectivity index is 1.94. The van der Waals surface area contributed by atoms with Crippen molar-refractivity contribution in [3.05, 3.63) is 23.7 Å². The first-order valence-electron chi connectivity index (χ1n) is 6.24. The molecule has 1 amide bonds. The van der Waals surface area contributed by atoms with E-state index < -0.39 is 0 Å². The van der Waals surface area contributed by atoms with Crippen molar-refractivity contribution in [2.24, 2.45) is 0 Å². The van der Waals surface area contributed by atoms with Crippen molar-refractivity contribution in [1.82, 2.24) is 9.80 Å². The van der Waals surface area contributed by atoms with Crippen LogP contribution in [0.15, 0.2) is 16.7 Å². The first-order chi connectivity index (χ1) is 9.11. The zero-order valence-electron chi connectivity index (χ0n) is 11.2. The molecular formula is C13H18N2O4. The van der Waals surface area contributed by atoms with E-state index in [-0.39, 0.29) is 11.9 Å². The molecule has 1 saturated heterocycles. The normalized spacial score (nSPS) is 16.4. The summed E-state index contributed by atoms with van der Waals surface area (Å²) in [5.74, 6) is 0.335. The van der Waals surface area contributed by atoms with Crippen molar-refractivity contribution < 1.29 is 18.7 Å². The van der Waals surface area contributed by atoms with Gasteiger partial charge in [-0.1, -0.05) is 0 Å². The number of hydrogen-bond acceptors (Lipinski definition) is 5. The molecule has 1 aliphatic rings. The molecule has 2 rings (SSSR count). The smallest absolute Gasteiger partial charge is 0.341 e. The molecule has 0 aromatic carbocycles. The molecule has 0 spiro atoms. The lowest BCUT2D eigenvalue weighted by atomic mass is 10.2. The first kappa shape index (κ1) is 13.6. The maximum atomic E-state index is 11.5.